The van der Waals surface area contributed by atoms with Crippen molar-refractivity contribution in [1.82, 2.24) is 0 Å². The lowest BCUT2D eigenvalue weighted by Gasteiger charge is -2.09. The topological polar surface area (TPSA) is 0 Å². The van der Waals surface area contributed by atoms with Gasteiger partial charge in [0.15, 0.2) is 0 Å². The number of hydrogen-bond donors (Lipinski definition) is 0. The van der Waals surface area contributed by atoms with Crippen molar-refractivity contribution in [2.24, 2.45) is 5.92 Å². The molecular formula is C15H19F. The predicted octanol–water partition coefficient (Wildman–Crippen LogP) is 4.03. The summed E-state index contributed by atoms with van der Waals surface area (Å²) in [5.74, 6) is 6.28. The van der Waals surface area contributed by atoms with E-state index in [0.717, 1.165) is 23.1 Å². The molecule has 0 saturated carbocycles. The van der Waals surface area contributed by atoms with Gasteiger partial charge >= 0.3 is 0 Å². The molecule has 0 fully saturated rings. The van der Waals surface area contributed by atoms with Gasteiger partial charge in [-0.05, 0) is 43.0 Å². The maximum atomic E-state index is 13.7. The summed E-state index contributed by atoms with van der Waals surface area (Å²) in [4.78, 5) is 0. The van der Waals surface area contributed by atoms with Crippen molar-refractivity contribution in [3.8, 4) is 11.8 Å². The van der Waals surface area contributed by atoms with E-state index in [0.29, 0.717) is 6.42 Å². The summed E-state index contributed by atoms with van der Waals surface area (Å²) in [6.07, 6.45) is 1.56. The largest absolute Gasteiger partial charge is 0.207 e. The van der Waals surface area contributed by atoms with Crippen molar-refractivity contribution < 1.29 is 4.39 Å². The Hall–Kier alpha value is -1.29. The molecule has 0 nitrogen and oxygen atoms in total. The highest BCUT2D eigenvalue weighted by atomic mass is 19.1. The SMILES string of the molecule is CCC#CC(C)Cc1cc(C)c(C)cc1F. The number of benzene rings is 1. The summed E-state index contributed by atoms with van der Waals surface area (Å²) in [6.45, 7) is 8.01. The molecule has 1 aromatic rings. The average molecular weight is 218 g/mol. The summed E-state index contributed by atoms with van der Waals surface area (Å²) < 4.78 is 13.7. The van der Waals surface area contributed by atoms with Crippen molar-refractivity contribution in [1.29, 1.82) is 0 Å². The molecule has 1 heteroatoms. The van der Waals surface area contributed by atoms with Gasteiger partial charge in [-0.2, -0.15) is 0 Å². The Balaban J connectivity index is 2.85. The fraction of sp³-hybridized carbons (Fsp3) is 0.467. The Morgan fingerprint density at radius 1 is 1.25 bits per heavy atom. The third-order valence-corrected chi connectivity index (χ3v) is 2.71. The van der Waals surface area contributed by atoms with Crippen molar-refractivity contribution in [2.45, 2.75) is 40.5 Å². The van der Waals surface area contributed by atoms with Crippen LogP contribution in [-0.2, 0) is 6.42 Å². The van der Waals surface area contributed by atoms with Gasteiger partial charge in [0.05, 0.1) is 0 Å². The van der Waals surface area contributed by atoms with Crippen molar-refractivity contribution in [3.05, 3.63) is 34.6 Å². The minimum absolute atomic E-state index is 0.103. The van der Waals surface area contributed by atoms with Gasteiger partial charge in [0, 0.05) is 12.3 Å². The van der Waals surface area contributed by atoms with Crippen LogP contribution in [0.5, 0.6) is 0 Å². The van der Waals surface area contributed by atoms with E-state index in [1.54, 1.807) is 6.07 Å². The Kier molecular flexibility index (Phi) is 4.55. The molecule has 0 bridgehead atoms. The van der Waals surface area contributed by atoms with Crippen LogP contribution in [0.3, 0.4) is 0 Å². The van der Waals surface area contributed by atoms with E-state index in [2.05, 4.69) is 11.8 Å². The summed E-state index contributed by atoms with van der Waals surface area (Å²) in [5.41, 5.74) is 2.93. The maximum absolute atomic E-state index is 13.7. The van der Waals surface area contributed by atoms with Gasteiger partial charge in [-0.25, -0.2) is 4.39 Å². The summed E-state index contributed by atoms with van der Waals surface area (Å²) in [5, 5.41) is 0. The van der Waals surface area contributed by atoms with Crippen LogP contribution in [0, 0.1) is 37.4 Å². The molecular weight excluding hydrogens is 199 g/mol. The smallest absolute Gasteiger partial charge is 0.126 e. The lowest BCUT2D eigenvalue weighted by molar-refractivity contribution is 0.593. The van der Waals surface area contributed by atoms with E-state index in [9.17, 15) is 4.39 Å². The molecule has 16 heavy (non-hydrogen) atoms. The van der Waals surface area contributed by atoms with Crippen LogP contribution in [0.2, 0.25) is 0 Å². The van der Waals surface area contributed by atoms with E-state index in [4.69, 9.17) is 0 Å². The quantitative estimate of drug-likeness (QED) is 0.657. The van der Waals surface area contributed by atoms with E-state index in [1.807, 2.05) is 33.8 Å². The van der Waals surface area contributed by atoms with Gasteiger partial charge in [-0.1, -0.05) is 25.8 Å². The Morgan fingerprint density at radius 2 is 1.88 bits per heavy atom. The van der Waals surface area contributed by atoms with Gasteiger partial charge in [0.25, 0.3) is 0 Å². The summed E-state index contributed by atoms with van der Waals surface area (Å²) in [6, 6.07) is 3.55. The highest BCUT2D eigenvalue weighted by molar-refractivity contribution is 5.32. The van der Waals surface area contributed by atoms with E-state index in [-0.39, 0.29) is 11.7 Å². The molecule has 0 radical (unpaired) electrons. The lowest BCUT2D eigenvalue weighted by atomic mass is 9.97. The molecule has 0 aliphatic carbocycles. The van der Waals surface area contributed by atoms with Crippen LogP contribution in [0.1, 0.15) is 37.0 Å². The molecule has 86 valence electrons. The fourth-order valence-electron chi connectivity index (χ4n) is 1.65. The van der Waals surface area contributed by atoms with E-state index < -0.39 is 0 Å². The lowest BCUT2D eigenvalue weighted by Crippen LogP contribution is -2.01. The third-order valence-electron chi connectivity index (χ3n) is 2.71. The van der Waals surface area contributed by atoms with E-state index >= 15 is 0 Å². The van der Waals surface area contributed by atoms with Crippen molar-refractivity contribution in [3.63, 3.8) is 0 Å². The van der Waals surface area contributed by atoms with Gasteiger partial charge in [-0.3, -0.25) is 0 Å². The number of aryl methyl sites for hydroxylation is 2. The van der Waals surface area contributed by atoms with Crippen LogP contribution in [-0.4, -0.2) is 0 Å². The zero-order valence-electron chi connectivity index (χ0n) is 10.5. The number of hydrogen-bond acceptors (Lipinski definition) is 0. The van der Waals surface area contributed by atoms with E-state index in [1.165, 1.54) is 0 Å². The third kappa shape index (κ3) is 3.38. The molecule has 1 unspecified atom stereocenters. The second-order valence-electron chi connectivity index (χ2n) is 4.31. The second kappa shape index (κ2) is 5.70. The molecule has 0 aliphatic rings. The van der Waals surface area contributed by atoms with Gasteiger partial charge in [-0.15, -0.1) is 5.92 Å². The molecule has 0 aromatic heterocycles. The minimum atomic E-state index is -0.103. The van der Waals surface area contributed by atoms with Crippen LogP contribution < -0.4 is 0 Å². The maximum Gasteiger partial charge on any atom is 0.126 e. The Bertz CT molecular complexity index is 421. The van der Waals surface area contributed by atoms with Crippen LogP contribution >= 0.6 is 0 Å². The predicted molar refractivity (Wildman–Crippen MR) is 66.8 cm³/mol. The highest BCUT2D eigenvalue weighted by Gasteiger charge is 2.07. The first-order valence-electron chi connectivity index (χ1n) is 5.78. The van der Waals surface area contributed by atoms with Gasteiger partial charge in [0.1, 0.15) is 5.82 Å². The van der Waals surface area contributed by atoms with Crippen LogP contribution in [0.15, 0.2) is 12.1 Å². The molecule has 0 aliphatic heterocycles. The molecule has 0 saturated heterocycles. The summed E-state index contributed by atoms with van der Waals surface area (Å²) in [7, 11) is 0. The van der Waals surface area contributed by atoms with Gasteiger partial charge < -0.3 is 0 Å². The standard InChI is InChI=1S/C15H19F/c1-5-6-7-11(2)8-14-9-12(3)13(4)10-15(14)16/h9-11H,5,8H2,1-4H3. The molecule has 0 N–H and O–H groups in total. The Labute approximate surface area is 97.9 Å². The Morgan fingerprint density at radius 3 is 2.50 bits per heavy atom. The molecule has 1 rings (SSSR count). The zero-order chi connectivity index (χ0) is 12.1. The van der Waals surface area contributed by atoms with Crippen LogP contribution in [0.4, 0.5) is 4.39 Å². The molecule has 1 atom stereocenters. The highest BCUT2D eigenvalue weighted by Crippen LogP contribution is 2.17. The zero-order valence-corrected chi connectivity index (χ0v) is 10.5. The first kappa shape index (κ1) is 12.8. The second-order valence-corrected chi connectivity index (χ2v) is 4.31. The molecule has 0 heterocycles. The fourth-order valence-corrected chi connectivity index (χ4v) is 1.65. The van der Waals surface area contributed by atoms with Crippen molar-refractivity contribution in [2.75, 3.05) is 0 Å². The number of rotatable bonds is 2. The molecule has 0 spiro atoms. The van der Waals surface area contributed by atoms with Crippen LogP contribution in [0.25, 0.3) is 0 Å². The van der Waals surface area contributed by atoms with Gasteiger partial charge in [0.2, 0.25) is 0 Å². The minimum Gasteiger partial charge on any atom is -0.207 e. The molecule has 0 amide bonds. The summed E-state index contributed by atoms with van der Waals surface area (Å²) >= 11 is 0. The monoisotopic (exact) mass is 218 g/mol. The normalized spacial score (nSPS) is 11.8. The average Bonchev–Trinajstić information content (AvgIpc) is 2.23. The van der Waals surface area contributed by atoms with Crippen molar-refractivity contribution >= 4 is 0 Å². The number of halogens is 1. The molecule has 1 aromatic carbocycles. The first-order chi connectivity index (χ1) is 7.54. The first-order valence-corrected chi connectivity index (χ1v) is 5.78.